The van der Waals surface area contributed by atoms with E-state index in [0.29, 0.717) is 18.8 Å². The standard InChI is InChI=1S/C21H21N3O3/c1-14(25)23-11-4-6-15-8-9-17(13-19(15)23)22-20(26)21(27)24-12-10-16-5-2-3-7-18(16)24/h2-3,5,7-9,13H,4,6,10-12H2,1H3,(H,22,26). The summed E-state index contributed by atoms with van der Waals surface area (Å²) < 4.78 is 0. The number of benzene rings is 2. The molecule has 0 aliphatic carbocycles. The number of carbonyl (C=O) groups is 3. The Kier molecular flexibility index (Phi) is 4.39. The summed E-state index contributed by atoms with van der Waals surface area (Å²) in [6.45, 7) is 2.71. The number of rotatable bonds is 1. The highest BCUT2D eigenvalue weighted by molar-refractivity contribution is 6.44. The second kappa shape index (κ2) is 6.87. The van der Waals surface area contributed by atoms with Crippen LogP contribution in [0.15, 0.2) is 42.5 Å². The smallest absolute Gasteiger partial charge is 0.316 e. The molecule has 2 heterocycles. The summed E-state index contributed by atoms with van der Waals surface area (Å²) in [6.07, 6.45) is 2.57. The van der Waals surface area contributed by atoms with Gasteiger partial charge in [-0.3, -0.25) is 14.4 Å². The average molecular weight is 363 g/mol. The van der Waals surface area contributed by atoms with Crippen LogP contribution in [0.3, 0.4) is 0 Å². The van der Waals surface area contributed by atoms with E-state index in [1.807, 2.05) is 30.3 Å². The first kappa shape index (κ1) is 17.3. The van der Waals surface area contributed by atoms with Crippen molar-refractivity contribution in [3.8, 4) is 0 Å². The SMILES string of the molecule is CC(=O)N1CCCc2ccc(NC(=O)C(=O)N3CCc4ccccc43)cc21. The van der Waals surface area contributed by atoms with Crippen molar-refractivity contribution in [1.82, 2.24) is 0 Å². The van der Waals surface area contributed by atoms with Crippen molar-refractivity contribution in [1.29, 1.82) is 0 Å². The Hall–Kier alpha value is -3.15. The molecule has 1 N–H and O–H groups in total. The summed E-state index contributed by atoms with van der Waals surface area (Å²) in [6, 6.07) is 13.1. The Balaban J connectivity index is 1.53. The summed E-state index contributed by atoms with van der Waals surface area (Å²) in [5.74, 6) is -1.26. The second-order valence-corrected chi connectivity index (χ2v) is 6.91. The van der Waals surface area contributed by atoms with Crippen LogP contribution in [0.2, 0.25) is 0 Å². The fourth-order valence-corrected chi connectivity index (χ4v) is 3.84. The van der Waals surface area contributed by atoms with Crippen molar-refractivity contribution in [3.63, 3.8) is 0 Å². The molecule has 0 spiro atoms. The van der Waals surface area contributed by atoms with Gasteiger partial charge in [0.2, 0.25) is 5.91 Å². The van der Waals surface area contributed by atoms with Gasteiger partial charge < -0.3 is 15.1 Å². The van der Waals surface area contributed by atoms with Gasteiger partial charge in [-0.25, -0.2) is 0 Å². The van der Waals surface area contributed by atoms with Crippen LogP contribution in [-0.2, 0) is 27.2 Å². The van der Waals surface area contributed by atoms with Crippen LogP contribution in [0, 0.1) is 0 Å². The lowest BCUT2D eigenvalue weighted by Crippen LogP contribution is -2.39. The molecular formula is C21H21N3O3. The van der Waals surface area contributed by atoms with E-state index in [0.717, 1.165) is 41.8 Å². The fraction of sp³-hybridized carbons (Fsp3) is 0.286. The van der Waals surface area contributed by atoms with Gasteiger partial charge in [-0.2, -0.15) is 0 Å². The first-order valence-electron chi connectivity index (χ1n) is 9.16. The Morgan fingerprint density at radius 2 is 1.67 bits per heavy atom. The first-order valence-corrected chi connectivity index (χ1v) is 9.16. The van der Waals surface area contributed by atoms with E-state index in [-0.39, 0.29) is 5.91 Å². The molecule has 2 aromatic rings. The van der Waals surface area contributed by atoms with Gasteiger partial charge >= 0.3 is 11.8 Å². The highest BCUT2D eigenvalue weighted by Crippen LogP contribution is 2.31. The molecule has 0 saturated heterocycles. The van der Waals surface area contributed by atoms with Gasteiger partial charge in [0.05, 0.1) is 0 Å². The molecule has 0 fully saturated rings. The Labute approximate surface area is 157 Å². The van der Waals surface area contributed by atoms with Crippen molar-refractivity contribution in [2.75, 3.05) is 28.2 Å². The normalized spacial score (nSPS) is 15.1. The van der Waals surface area contributed by atoms with E-state index < -0.39 is 11.8 Å². The Morgan fingerprint density at radius 3 is 2.48 bits per heavy atom. The number of amides is 3. The molecule has 6 nitrogen and oxygen atoms in total. The number of hydrogen-bond acceptors (Lipinski definition) is 3. The summed E-state index contributed by atoms with van der Waals surface area (Å²) in [4.78, 5) is 40.2. The molecular weight excluding hydrogens is 342 g/mol. The van der Waals surface area contributed by atoms with Crippen molar-refractivity contribution in [3.05, 3.63) is 53.6 Å². The maximum atomic E-state index is 12.6. The number of carbonyl (C=O) groups excluding carboxylic acids is 3. The molecule has 0 atom stereocenters. The molecule has 138 valence electrons. The van der Waals surface area contributed by atoms with E-state index in [1.165, 1.54) is 11.8 Å². The quantitative estimate of drug-likeness (QED) is 0.792. The minimum atomic E-state index is -0.670. The zero-order valence-corrected chi connectivity index (χ0v) is 15.2. The van der Waals surface area contributed by atoms with E-state index in [9.17, 15) is 14.4 Å². The van der Waals surface area contributed by atoms with E-state index in [1.54, 1.807) is 17.0 Å². The van der Waals surface area contributed by atoms with Crippen LogP contribution < -0.4 is 15.1 Å². The fourth-order valence-electron chi connectivity index (χ4n) is 3.84. The summed E-state index contributed by atoms with van der Waals surface area (Å²) >= 11 is 0. The number of para-hydroxylation sites is 1. The third-order valence-electron chi connectivity index (χ3n) is 5.17. The number of aryl methyl sites for hydroxylation is 1. The number of anilines is 3. The highest BCUT2D eigenvalue weighted by atomic mass is 16.2. The van der Waals surface area contributed by atoms with Crippen LogP contribution in [0.4, 0.5) is 17.1 Å². The van der Waals surface area contributed by atoms with Crippen molar-refractivity contribution < 1.29 is 14.4 Å². The topological polar surface area (TPSA) is 69.7 Å². The molecule has 0 radical (unpaired) electrons. The first-order chi connectivity index (χ1) is 13.0. The van der Waals surface area contributed by atoms with E-state index in [2.05, 4.69) is 5.32 Å². The van der Waals surface area contributed by atoms with Crippen LogP contribution in [0.25, 0.3) is 0 Å². The van der Waals surface area contributed by atoms with Gasteiger partial charge in [-0.15, -0.1) is 0 Å². The molecule has 3 amide bonds. The molecule has 0 aromatic heterocycles. The van der Waals surface area contributed by atoms with Crippen LogP contribution >= 0.6 is 0 Å². The number of hydrogen-bond donors (Lipinski definition) is 1. The molecule has 2 aromatic carbocycles. The highest BCUT2D eigenvalue weighted by Gasteiger charge is 2.29. The van der Waals surface area contributed by atoms with Gasteiger partial charge in [0.1, 0.15) is 0 Å². The molecule has 0 bridgehead atoms. The molecule has 27 heavy (non-hydrogen) atoms. The van der Waals surface area contributed by atoms with Crippen LogP contribution in [-0.4, -0.2) is 30.8 Å². The zero-order chi connectivity index (χ0) is 19.0. The largest absolute Gasteiger partial charge is 0.318 e. The minimum Gasteiger partial charge on any atom is -0.318 e. The van der Waals surface area contributed by atoms with Gasteiger partial charge in [0, 0.05) is 37.1 Å². The van der Waals surface area contributed by atoms with Crippen molar-refractivity contribution in [2.45, 2.75) is 26.2 Å². The maximum Gasteiger partial charge on any atom is 0.316 e. The van der Waals surface area contributed by atoms with Crippen LogP contribution in [0.1, 0.15) is 24.5 Å². The Morgan fingerprint density at radius 1 is 0.889 bits per heavy atom. The summed E-state index contributed by atoms with van der Waals surface area (Å²) in [5.41, 5.74) is 4.28. The van der Waals surface area contributed by atoms with Crippen LogP contribution in [0.5, 0.6) is 0 Å². The third-order valence-corrected chi connectivity index (χ3v) is 5.17. The number of fused-ring (bicyclic) bond motifs is 2. The molecule has 0 unspecified atom stereocenters. The lowest BCUT2D eigenvalue weighted by molar-refractivity contribution is -0.134. The lowest BCUT2D eigenvalue weighted by atomic mass is 10.0. The third kappa shape index (κ3) is 3.18. The molecule has 0 saturated carbocycles. The molecule has 2 aliphatic rings. The Bertz CT molecular complexity index is 938. The number of nitrogens with zero attached hydrogens (tertiary/aromatic N) is 2. The monoisotopic (exact) mass is 363 g/mol. The van der Waals surface area contributed by atoms with Gasteiger partial charge in [0.25, 0.3) is 0 Å². The predicted octanol–water partition coefficient (Wildman–Crippen LogP) is 2.51. The van der Waals surface area contributed by atoms with E-state index >= 15 is 0 Å². The summed E-state index contributed by atoms with van der Waals surface area (Å²) in [7, 11) is 0. The molecule has 6 heteroatoms. The average Bonchev–Trinajstić information content (AvgIpc) is 3.10. The lowest BCUT2D eigenvalue weighted by Gasteiger charge is -2.29. The van der Waals surface area contributed by atoms with E-state index in [4.69, 9.17) is 0 Å². The maximum absolute atomic E-state index is 12.6. The van der Waals surface area contributed by atoms with Crippen molar-refractivity contribution >= 4 is 34.8 Å². The van der Waals surface area contributed by atoms with Gasteiger partial charge in [-0.05, 0) is 48.6 Å². The minimum absolute atomic E-state index is 0.0239. The molecule has 2 aliphatic heterocycles. The van der Waals surface area contributed by atoms with Gasteiger partial charge in [-0.1, -0.05) is 24.3 Å². The van der Waals surface area contributed by atoms with Gasteiger partial charge in [0.15, 0.2) is 0 Å². The zero-order valence-electron chi connectivity index (χ0n) is 15.2. The predicted molar refractivity (Wildman–Crippen MR) is 104 cm³/mol. The summed E-state index contributed by atoms with van der Waals surface area (Å²) in [5, 5.41) is 2.69. The van der Waals surface area contributed by atoms with Crippen molar-refractivity contribution in [2.24, 2.45) is 0 Å². The number of nitrogens with one attached hydrogen (secondary N) is 1. The molecule has 4 rings (SSSR count). The second-order valence-electron chi connectivity index (χ2n) is 6.91.